The average molecular weight is 549 g/mol. The Hall–Kier alpha value is -3.47. The molecule has 0 aliphatic heterocycles. The van der Waals surface area contributed by atoms with Gasteiger partial charge in [0.25, 0.3) is 0 Å². The number of nitrogens with two attached hydrogens (primary N) is 1. The summed E-state index contributed by atoms with van der Waals surface area (Å²) in [4.78, 5) is 8.74. The van der Waals surface area contributed by atoms with Crippen LogP contribution in [0.25, 0.3) is 16.8 Å². The van der Waals surface area contributed by atoms with Gasteiger partial charge in [0.2, 0.25) is 5.95 Å². The zero-order valence-electron chi connectivity index (χ0n) is 22.6. The van der Waals surface area contributed by atoms with Gasteiger partial charge in [0.1, 0.15) is 11.6 Å². The Labute approximate surface area is 231 Å². The van der Waals surface area contributed by atoms with Gasteiger partial charge in [-0.05, 0) is 85.9 Å². The first-order chi connectivity index (χ1) is 19.1. The van der Waals surface area contributed by atoms with Crippen molar-refractivity contribution in [1.82, 2.24) is 19.6 Å². The lowest BCUT2D eigenvalue weighted by Crippen LogP contribution is -2.54. The molecule has 0 amide bonds. The predicted octanol–water partition coefficient (Wildman–Crippen LogP) is 5.17. The van der Waals surface area contributed by atoms with E-state index in [1.54, 1.807) is 37.6 Å². The maximum Gasteiger partial charge on any atom is 0.229 e. The number of halogens is 2. The Balaban J connectivity index is 1.33. The zero-order chi connectivity index (χ0) is 28.2. The lowest BCUT2D eigenvalue weighted by Gasteiger charge is -2.44. The van der Waals surface area contributed by atoms with Gasteiger partial charge in [-0.25, -0.2) is 13.8 Å². The molecule has 4 atom stereocenters. The number of rotatable bonds is 5. The second kappa shape index (κ2) is 9.87. The Morgan fingerprint density at radius 2 is 1.77 bits per heavy atom. The molecule has 0 radical (unpaired) electrons. The molecule has 0 saturated heterocycles. The van der Waals surface area contributed by atoms with Crippen molar-refractivity contribution >= 4 is 17.2 Å². The van der Waals surface area contributed by atoms with Gasteiger partial charge in [-0.1, -0.05) is 19.8 Å². The Bertz CT molecular complexity index is 1530. The van der Waals surface area contributed by atoms with Crippen LogP contribution in [0.4, 0.5) is 20.4 Å². The van der Waals surface area contributed by atoms with Crippen molar-refractivity contribution < 1.29 is 19.0 Å². The first-order valence-electron chi connectivity index (χ1n) is 13.8. The van der Waals surface area contributed by atoms with Gasteiger partial charge in [0.05, 0.1) is 46.1 Å². The van der Waals surface area contributed by atoms with E-state index in [-0.39, 0.29) is 34.7 Å². The van der Waals surface area contributed by atoms with Gasteiger partial charge in [0, 0.05) is 12.2 Å². The SMILES string of the molecule is C[C@H]1C[C@@H](c2ccncc2Nc2ncc3ccc(-c4c(F)cc(C5(O)CCCC5)cc4F)nn23)C[C@@H](N)[C@]1(C)O. The van der Waals surface area contributed by atoms with E-state index in [4.69, 9.17) is 5.73 Å². The van der Waals surface area contributed by atoms with Crippen molar-refractivity contribution in [3.63, 3.8) is 0 Å². The van der Waals surface area contributed by atoms with Gasteiger partial charge < -0.3 is 21.3 Å². The summed E-state index contributed by atoms with van der Waals surface area (Å²) in [5, 5.41) is 29.4. The molecule has 40 heavy (non-hydrogen) atoms. The Morgan fingerprint density at radius 3 is 2.48 bits per heavy atom. The molecule has 6 rings (SSSR count). The maximum atomic E-state index is 15.3. The fourth-order valence-corrected chi connectivity index (χ4v) is 6.35. The molecule has 10 heteroatoms. The molecular weight excluding hydrogens is 514 g/mol. The molecule has 2 aliphatic carbocycles. The van der Waals surface area contributed by atoms with E-state index in [0.29, 0.717) is 30.7 Å². The number of fused-ring (bicyclic) bond motifs is 1. The molecule has 0 spiro atoms. The zero-order valence-corrected chi connectivity index (χ0v) is 22.6. The highest BCUT2D eigenvalue weighted by Gasteiger charge is 2.42. The van der Waals surface area contributed by atoms with Gasteiger partial charge in [-0.15, -0.1) is 0 Å². The molecular formula is C30H34F2N6O2. The first kappa shape index (κ1) is 26.7. The van der Waals surface area contributed by atoms with Crippen molar-refractivity contribution in [2.75, 3.05) is 5.32 Å². The first-order valence-corrected chi connectivity index (χ1v) is 13.8. The number of benzene rings is 1. The summed E-state index contributed by atoms with van der Waals surface area (Å²) in [5.74, 6) is -1.08. The van der Waals surface area contributed by atoms with Gasteiger partial charge in [-0.3, -0.25) is 4.98 Å². The van der Waals surface area contributed by atoms with Crippen LogP contribution in [0.1, 0.15) is 69.4 Å². The minimum atomic E-state index is -1.20. The van der Waals surface area contributed by atoms with Crippen LogP contribution in [0.2, 0.25) is 0 Å². The number of aromatic nitrogens is 4. The van der Waals surface area contributed by atoms with Crippen LogP contribution < -0.4 is 11.1 Å². The number of imidazole rings is 1. The van der Waals surface area contributed by atoms with Crippen LogP contribution in [-0.4, -0.2) is 41.4 Å². The van der Waals surface area contributed by atoms with Crippen molar-refractivity contribution in [1.29, 1.82) is 0 Å². The second-order valence-electron chi connectivity index (χ2n) is 11.7. The quantitative estimate of drug-likeness (QED) is 0.272. The minimum absolute atomic E-state index is 0.00399. The lowest BCUT2D eigenvalue weighted by molar-refractivity contribution is -0.0463. The molecule has 210 valence electrons. The van der Waals surface area contributed by atoms with Crippen LogP contribution >= 0.6 is 0 Å². The third kappa shape index (κ3) is 4.53. The number of hydrogen-bond acceptors (Lipinski definition) is 7. The van der Waals surface area contributed by atoms with Gasteiger partial charge in [-0.2, -0.15) is 9.61 Å². The number of anilines is 2. The molecule has 2 fully saturated rings. The highest BCUT2D eigenvalue weighted by atomic mass is 19.1. The normalized spacial score (nSPS) is 26.3. The van der Waals surface area contributed by atoms with E-state index in [0.717, 1.165) is 30.5 Å². The van der Waals surface area contributed by atoms with E-state index in [9.17, 15) is 10.2 Å². The summed E-state index contributed by atoms with van der Waals surface area (Å²) in [6, 6.07) is 7.26. The smallest absolute Gasteiger partial charge is 0.229 e. The van der Waals surface area contributed by atoms with Crippen molar-refractivity contribution in [3.8, 4) is 11.3 Å². The van der Waals surface area contributed by atoms with Gasteiger partial charge in [0.15, 0.2) is 0 Å². The highest BCUT2D eigenvalue weighted by molar-refractivity contribution is 5.66. The third-order valence-electron chi connectivity index (χ3n) is 9.12. The topological polar surface area (TPSA) is 122 Å². The molecule has 0 bridgehead atoms. The monoisotopic (exact) mass is 548 g/mol. The predicted molar refractivity (Wildman–Crippen MR) is 148 cm³/mol. The van der Waals surface area contributed by atoms with E-state index in [1.807, 2.05) is 13.0 Å². The summed E-state index contributed by atoms with van der Waals surface area (Å²) >= 11 is 0. The molecule has 8 nitrogen and oxygen atoms in total. The highest BCUT2D eigenvalue weighted by Crippen LogP contribution is 2.43. The standard InChI is InChI=1S/C30H34F2N6O2/c1-17-11-18(12-26(33)29(17,2)39)21-7-10-34-16-25(21)36-28-35-15-20-5-6-24(37-38(20)28)27-22(31)13-19(14-23(27)32)30(40)8-3-4-9-30/h5-7,10,13-18,26,39-40H,3-4,8-9,11-12,33H2,1-2H3,(H,35,36)/t17-,18+,26+,29+/m0/s1. The lowest BCUT2D eigenvalue weighted by atomic mass is 9.68. The molecule has 2 aliphatic rings. The molecule has 0 unspecified atom stereocenters. The van der Waals surface area contributed by atoms with Crippen LogP contribution in [0.3, 0.4) is 0 Å². The van der Waals surface area contributed by atoms with Crippen LogP contribution in [0.15, 0.2) is 48.9 Å². The summed E-state index contributed by atoms with van der Waals surface area (Å²) in [7, 11) is 0. The number of pyridine rings is 1. The maximum absolute atomic E-state index is 15.3. The average Bonchev–Trinajstić information content (AvgIpc) is 3.54. The minimum Gasteiger partial charge on any atom is -0.388 e. The van der Waals surface area contributed by atoms with E-state index in [2.05, 4.69) is 20.4 Å². The number of aliphatic hydroxyl groups is 2. The fraction of sp³-hybridized carbons (Fsp3) is 0.433. The van der Waals surface area contributed by atoms with Crippen molar-refractivity contribution in [2.24, 2.45) is 11.7 Å². The van der Waals surface area contributed by atoms with Crippen molar-refractivity contribution in [2.45, 2.75) is 75.5 Å². The van der Waals surface area contributed by atoms with Gasteiger partial charge >= 0.3 is 0 Å². The Morgan fingerprint density at radius 1 is 1.05 bits per heavy atom. The summed E-state index contributed by atoms with van der Waals surface area (Å²) in [6.45, 7) is 3.80. The van der Waals surface area contributed by atoms with E-state index in [1.165, 1.54) is 16.6 Å². The fourth-order valence-electron chi connectivity index (χ4n) is 6.35. The molecule has 1 aromatic carbocycles. The summed E-state index contributed by atoms with van der Waals surface area (Å²) < 4.78 is 32.1. The van der Waals surface area contributed by atoms with Crippen LogP contribution in [0, 0.1) is 17.6 Å². The number of hydrogen-bond donors (Lipinski definition) is 4. The molecule has 3 aromatic heterocycles. The van der Waals surface area contributed by atoms with Crippen LogP contribution in [0.5, 0.6) is 0 Å². The molecule has 2 saturated carbocycles. The second-order valence-corrected chi connectivity index (χ2v) is 11.7. The summed E-state index contributed by atoms with van der Waals surface area (Å²) in [5.41, 5.74) is 6.68. The Kier molecular flexibility index (Phi) is 6.59. The molecule has 5 N–H and O–H groups in total. The van der Waals surface area contributed by atoms with Crippen LogP contribution in [-0.2, 0) is 5.60 Å². The molecule has 4 aromatic rings. The number of nitrogens with one attached hydrogen (secondary N) is 1. The largest absolute Gasteiger partial charge is 0.388 e. The molecule has 3 heterocycles. The van der Waals surface area contributed by atoms with Crippen molar-refractivity contribution in [3.05, 3.63) is 71.7 Å². The van der Waals surface area contributed by atoms with E-state index < -0.39 is 22.8 Å². The summed E-state index contributed by atoms with van der Waals surface area (Å²) in [6.07, 6.45) is 9.04. The number of nitrogens with zero attached hydrogens (tertiary/aromatic N) is 4. The third-order valence-corrected chi connectivity index (χ3v) is 9.12. The van der Waals surface area contributed by atoms with E-state index >= 15 is 8.78 Å².